The fourth-order valence-corrected chi connectivity index (χ4v) is 4.01. The van der Waals surface area contributed by atoms with Crippen LogP contribution in [0.5, 0.6) is 0 Å². The van der Waals surface area contributed by atoms with E-state index in [-0.39, 0.29) is 24.8 Å². The van der Waals surface area contributed by atoms with Crippen molar-refractivity contribution in [1.29, 1.82) is 0 Å². The molecule has 0 aromatic heterocycles. The lowest BCUT2D eigenvalue weighted by Gasteiger charge is -2.28. The molecule has 0 spiro atoms. The third-order valence-corrected chi connectivity index (χ3v) is 6.15. The topological polar surface area (TPSA) is 114 Å². The van der Waals surface area contributed by atoms with Crippen molar-refractivity contribution < 1.29 is 23.8 Å². The molecule has 0 amide bonds. The summed E-state index contributed by atoms with van der Waals surface area (Å²) in [5.41, 5.74) is 14.5. The lowest BCUT2D eigenvalue weighted by molar-refractivity contribution is -0.138. The molecule has 0 saturated heterocycles. The van der Waals surface area contributed by atoms with E-state index in [0.29, 0.717) is 22.5 Å². The van der Waals surface area contributed by atoms with Gasteiger partial charge in [-0.05, 0) is 80.9 Å². The number of ether oxygens (including phenoxy) is 3. The zero-order chi connectivity index (χ0) is 25.8. The molecule has 0 bridgehead atoms. The van der Waals surface area contributed by atoms with Crippen molar-refractivity contribution in [3.8, 4) is 0 Å². The molecular formula is C29H36N2O5. The molecule has 2 aromatic rings. The number of rotatable bonds is 12. The third-order valence-electron chi connectivity index (χ3n) is 6.15. The first-order valence-electron chi connectivity index (χ1n) is 12.5. The SMILES string of the molecule is C=CCCCCOC1CCC(OC(=O)c2ccc(/C=C/C(=O)OCc3ccc(N)cc3N)cc2)CC1. The van der Waals surface area contributed by atoms with Crippen LogP contribution in [-0.4, -0.2) is 30.8 Å². The number of esters is 2. The highest BCUT2D eigenvalue weighted by atomic mass is 16.5. The highest BCUT2D eigenvalue weighted by molar-refractivity contribution is 5.90. The molecule has 0 heterocycles. The minimum absolute atomic E-state index is 0.0594. The molecule has 1 aliphatic rings. The summed E-state index contributed by atoms with van der Waals surface area (Å²) in [7, 11) is 0. The predicted octanol–water partition coefficient (Wildman–Crippen LogP) is 5.45. The Balaban J connectivity index is 1.38. The molecule has 0 aliphatic heterocycles. The first kappa shape index (κ1) is 27.0. The average molecular weight is 493 g/mol. The molecular weight excluding hydrogens is 456 g/mol. The molecule has 0 radical (unpaired) electrons. The highest BCUT2D eigenvalue weighted by Crippen LogP contribution is 2.25. The van der Waals surface area contributed by atoms with E-state index in [0.717, 1.165) is 57.1 Å². The van der Waals surface area contributed by atoms with E-state index in [1.54, 1.807) is 48.5 Å². The average Bonchev–Trinajstić information content (AvgIpc) is 2.88. The maximum absolute atomic E-state index is 12.5. The molecule has 0 unspecified atom stereocenters. The largest absolute Gasteiger partial charge is 0.459 e. The third kappa shape index (κ3) is 8.89. The molecule has 3 rings (SSSR count). The summed E-state index contributed by atoms with van der Waals surface area (Å²) in [6.45, 7) is 4.57. The summed E-state index contributed by atoms with van der Waals surface area (Å²) < 4.78 is 16.9. The number of hydrogen-bond donors (Lipinski definition) is 2. The van der Waals surface area contributed by atoms with Gasteiger partial charge in [0.15, 0.2) is 0 Å². The molecule has 1 saturated carbocycles. The fraction of sp³-hybridized carbons (Fsp3) is 0.379. The van der Waals surface area contributed by atoms with E-state index in [1.165, 1.54) is 6.08 Å². The lowest BCUT2D eigenvalue weighted by Crippen LogP contribution is -2.28. The number of nitrogen functional groups attached to an aromatic ring is 2. The summed E-state index contributed by atoms with van der Waals surface area (Å²) in [5, 5.41) is 0. The van der Waals surface area contributed by atoms with Crippen LogP contribution in [0.25, 0.3) is 6.08 Å². The van der Waals surface area contributed by atoms with Gasteiger partial charge in [-0.15, -0.1) is 6.58 Å². The summed E-state index contributed by atoms with van der Waals surface area (Å²) in [5.74, 6) is -0.828. The quantitative estimate of drug-likeness (QED) is 0.133. The van der Waals surface area contributed by atoms with E-state index >= 15 is 0 Å². The number of unbranched alkanes of at least 4 members (excludes halogenated alkanes) is 2. The van der Waals surface area contributed by atoms with Crippen LogP contribution in [0, 0.1) is 0 Å². The number of carbonyl (C=O) groups excluding carboxylic acids is 2. The van der Waals surface area contributed by atoms with Gasteiger partial charge in [-0.25, -0.2) is 9.59 Å². The van der Waals surface area contributed by atoms with Gasteiger partial charge in [0.1, 0.15) is 12.7 Å². The van der Waals surface area contributed by atoms with E-state index in [1.807, 2.05) is 6.08 Å². The second-order valence-corrected chi connectivity index (χ2v) is 8.98. The molecule has 7 heteroatoms. The number of allylic oxidation sites excluding steroid dienone is 1. The zero-order valence-electron chi connectivity index (χ0n) is 20.7. The summed E-state index contributed by atoms with van der Waals surface area (Å²) in [6.07, 6.45) is 11.7. The zero-order valence-corrected chi connectivity index (χ0v) is 20.7. The molecule has 0 atom stereocenters. The van der Waals surface area contributed by atoms with Crippen LogP contribution >= 0.6 is 0 Å². The second-order valence-electron chi connectivity index (χ2n) is 8.98. The Morgan fingerprint density at radius 2 is 1.69 bits per heavy atom. The Bertz CT molecular complexity index is 1040. The smallest absolute Gasteiger partial charge is 0.338 e. The molecule has 2 aromatic carbocycles. The lowest BCUT2D eigenvalue weighted by atomic mass is 9.95. The van der Waals surface area contributed by atoms with Crippen LogP contribution in [0.15, 0.2) is 61.2 Å². The van der Waals surface area contributed by atoms with E-state index in [2.05, 4.69) is 6.58 Å². The van der Waals surface area contributed by atoms with Gasteiger partial charge in [-0.2, -0.15) is 0 Å². The fourth-order valence-electron chi connectivity index (χ4n) is 4.01. The summed E-state index contributed by atoms with van der Waals surface area (Å²) >= 11 is 0. The van der Waals surface area contributed by atoms with Gasteiger partial charge >= 0.3 is 11.9 Å². The van der Waals surface area contributed by atoms with Gasteiger partial charge in [-0.1, -0.05) is 24.3 Å². The van der Waals surface area contributed by atoms with E-state index in [4.69, 9.17) is 25.7 Å². The number of carbonyl (C=O) groups is 2. The number of anilines is 2. The van der Waals surface area contributed by atoms with Gasteiger partial charge in [0.25, 0.3) is 0 Å². The van der Waals surface area contributed by atoms with Crippen LogP contribution < -0.4 is 11.5 Å². The molecule has 1 aliphatic carbocycles. The minimum Gasteiger partial charge on any atom is -0.459 e. The van der Waals surface area contributed by atoms with Gasteiger partial charge in [0.05, 0.1) is 11.7 Å². The van der Waals surface area contributed by atoms with Crippen molar-refractivity contribution in [3.05, 3.63) is 77.9 Å². The van der Waals surface area contributed by atoms with Crippen molar-refractivity contribution in [2.75, 3.05) is 18.1 Å². The Hall–Kier alpha value is -3.58. The number of hydrogen-bond acceptors (Lipinski definition) is 7. The Morgan fingerprint density at radius 1 is 0.972 bits per heavy atom. The van der Waals surface area contributed by atoms with Crippen molar-refractivity contribution in [2.24, 2.45) is 0 Å². The monoisotopic (exact) mass is 492 g/mol. The summed E-state index contributed by atoms with van der Waals surface area (Å²) in [4.78, 5) is 24.6. The minimum atomic E-state index is -0.494. The van der Waals surface area contributed by atoms with Crippen molar-refractivity contribution in [2.45, 2.75) is 63.8 Å². The molecule has 4 N–H and O–H groups in total. The maximum atomic E-state index is 12.5. The number of nitrogens with two attached hydrogens (primary N) is 2. The van der Waals surface area contributed by atoms with Crippen molar-refractivity contribution >= 4 is 29.4 Å². The van der Waals surface area contributed by atoms with Crippen LogP contribution in [0.3, 0.4) is 0 Å². The maximum Gasteiger partial charge on any atom is 0.338 e. The normalized spacial score (nSPS) is 17.6. The Kier molecular flexibility index (Phi) is 10.6. The van der Waals surface area contributed by atoms with Crippen LogP contribution in [0.4, 0.5) is 11.4 Å². The van der Waals surface area contributed by atoms with Crippen LogP contribution in [0.2, 0.25) is 0 Å². The van der Waals surface area contributed by atoms with E-state index < -0.39 is 5.97 Å². The van der Waals surface area contributed by atoms with Crippen LogP contribution in [0.1, 0.15) is 66.4 Å². The van der Waals surface area contributed by atoms with Gasteiger partial charge in [-0.3, -0.25) is 0 Å². The van der Waals surface area contributed by atoms with Crippen molar-refractivity contribution in [1.82, 2.24) is 0 Å². The predicted molar refractivity (Wildman–Crippen MR) is 142 cm³/mol. The second kappa shape index (κ2) is 14.1. The molecule has 1 fully saturated rings. The first-order chi connectivity index (χ1) is 17.4. The first-order valence-corrected chi connectivity index (χ1v) is 12.5. The van der Waals surface area contributed by atoms with Gasteiger partial charge in [0, 0.05) is 29.6 Å². The summed E-state index contributed by atoms with van der Waals surface area (Å²) in [6, 6.07) is 12.0. The molecule has 192 valence electrons. The molecule has 7 nitrogen and oxygen atoms in total. The highest BCUT2D eigenvalue weighted by Gasteiger charge is 2.24. The van der Waals surface area contributed by atoms with Gasteiger partial charge in [0.2, 0.25) is 0 Å². The standard InChI is InChI=1S/C29H36N2O5/c1-2-3-4-5-18-34-25-13-15-26(16-14-25)36-29(33)22-9-6-21(7-10-22)8-17-28(32)35-20-23-11-12-24(30)19-27(23)31/h2,6-12,17,19,25-26H,1,3-5,13-16,18,20,30-31H2/b17-8+. The van der Waals surface area contributed by atoms with Gasteiger partial charge < -0.3 is 25.7 Å². The van der Waals surface area contributed by atoms with Crippen LogP contribution in [-0.2, 0) is 25.6 Å². The number of benzene rings is 2. The Morgan fingerprint density at radius 3 is 2.39 bits per heavy atom. The van der Waals surface area contributed by atoms with Crippen molar-refractivity contribution in [3.63, 3.8) is 0 Å². The Labute approximate surface area is 213 Å². The van der Waals surface area contributed by atoms with E-state index in [9.17, 15) is 9.59 Å². The molecule has 36 heavy (non-hydrogen) atoms.